The molecule has 1 aromatic heterocycles. The van der Waals surface area contributed by atoms with Gasteiger partial charge in [-0.05, 0) is 29.7 Å². The van der Waals surface area contributed by atoms with Crippen LogP contribution in [-0.2, 0) is 12.2 Å². The van der Waals surface area contributed by atoms with E-state index in [0.29, 0.717) is 0 Å². The van der Waals surface area contributed by atoms with Gasteiger partial charge in [-0.3, -0.25) is 5.10 Å². The van der Waals surface area contributed by atoms with E-state index in [4.69, 9.17) is 4.74 Å². The average Bonchev–Trinajstić information content (AvgIpc) is 3.09. The summed E-state index contributed by atoms with van der Waals surface area (Å²) in [6.07, 6.45) is 1.04. The molecule has 0 atom stereocenters. The van der Waals surface area contributed by atoms with Gasteiger partial charge in [0, 0.05) is 11.3 Å². The molecule has 0 radical (unpaired) electrons. The van der Waals surface area contributed by atoms with Gasteiger partial charge in [0.05, 0.1) is 7.11 Å². The molecule has 5 heteroatoms. The minimum absolute atomic E-state index is 0.760. The highest BCUT2D eigenvalue weighted by atomic mass is 32.2. The molecule has 1 N–H and O–H groups in total. The zero-order chi connectivity index (χ0) is 16.1. The molecule has 3 aromatic rings. The standard InChI is InChI=1S/C18H19N3OS/c1-3-13-4-8-15(9-5-13)17-19-18(21-20-17)23-12-14-6-10-16(22-2)11-7-14/h4-11H,3,12H2,1-2H3,(H,19,20,21). The second-order valence-corrected chi connectivity index (χ2v) is 6.10. The first-order valence-corrected chi connectivity index (χ1v) is 8.54. The summed E-state index contributed by atoms with van der Waals surface area (Å²) in [6, 6.07) is 16.5. The Morgan fingerprint density at radius 1 is 1.00 bits per heavy atom. The van der Waals surface area contributed by atoms with Gasteiger partial charge in [-0.25, -0.2) is 4.98 Å². The average molecular weight is 325 g/mol. The zero-order valence-electron chi connectivity index (χ0n) is 13.2. The zero-order valence-corrected chi connectivity index (χ0v) is 14.1. The van der Waals surface area contributed by atoms with Gasteiger partial charge in [0.1, 0.15) is 5.75 Å². The Kier molecular flexibility index (Phi) is 4.98. The summed E-state index contributed by atoms with van der Waals surface area (Å²) >= 11 is 1.62. The maximum Gasteiger partial charge on any atom is 0.209 e. The Hall–Kier alpha value is -2.27. The van der Waals surface area contributed by atoms with Gasteiger partial charge in [-0.15, -0.1) is 5.10 Å². The van der Waals surface area contributed by atoms with Gasteiger partial charge in [-0.2, -0.15) is 0 Å². The lowest BCUT2D eigenvalue weighted by atomic mass is 10.1. The van der Waals surface area contributed by atoms with Crippen molar-refractivity contribution in [2.24, 2.45) is 0 Å². The van der Waals surface area contributed by atoms with Gasteiger partial charge < -0.3 is 4.74 Å². The predicted molar refractivity (Wildman–Crippen MR) is 93.8 cm³/mol. The Morgan fingerprint density at radius 2 is 1.70 bits per heavy atom. The van der Waals surface area contributed by atoms with Crippen molar-refractivity contribution in [3.63, 3.8) is 0 Å². The van der Waals surface area contributed by atoms with E-state index in [-0.39, 0.29) is 0 Å². The number of ether oxygens (including phenoxy) is 1. The largest absolute Gasteiger partial charge is 0.497 e. The van der Waals surface area contributed by atoms with Gasteiger partial charge in [0.2, 0.25) is 5.16 Å². The number of aryl methyl sites for hydroxylation is 1. The molecular weight excluding hydrogens is 306 g/mol. The molecule has 0 saturated heterocycles. The summed E-state index contributed by atoms with van der Waals surface area (Å²) in [7, 11) is 1.67. The van der Waals surface area contributed by atoms with Gasteiger partial charge in [-0.1, -0.05) is 55.1 Å². The van der Waals surface area contributed by atoms with E-state index in [9.17, 15) is 0 Å². The summed E-state index contributed by atoms with van der Waals surface area (Å²) in [6.45, 7) is 2.15. The molecule has 118 valence electrons. The number of benzene rings is 2. The Morgan fingerprint density at radius 3 is 2.35 bits per heavy atom. The highest BCUT2D eigenvalue weighted by Crippen LogP contribution is 2.23. The van der Waals surface area contributed by atoms with Crippen LogP contribution in [0.1, 0.15) is 18.1 Å². The fourth-order valence-electron chi connectivity index (χ4n) is 2.21. The lowest BCUT2D eigenvalue weighted by Gasteiger charge is -2.01. The van der Waals surface area contributed by atoms with Crippen molar-refractivity contribution in [3.8, 4) is 17.1 Å². The maximum absolute atomic E-state index is 5.16. The number of hydrogen-bond donors (Lipinski definition) is 1. The second kappa shape index (κ2) is 7.33. The molecular formula is C18H19N3OS. The fraction of sp³-hybridized carbons (Fsp3) is 0.222. The van der Waals surface area contributed by atoms with Crippen LogP contribution in [0.3, 0.4) is 0 Å². The van der Waals surface area contributed by atoms with E-state index in [1.165, 1.54) is 11.1 Å². The van der Waals surface area contributed by atoms with Crippen molar-refractivity contribution >= 4 is 11.8 Å². The third-order valence-corrected chi connectivity index (χ3v) is 4.55. The van der Waals surface area contributed by atoms with Crippen molar-refractivity contribution in [2.45, 2.75) is 24.3 Å². The van der Waals surface area contributed by atoms with Crippen molar-refractivity contribution in [1.29, 1.82) is 0 Å². The number of nitrogens with one attached hydrogen (secondary N) is 1. The molecule has 4 nitrogen and oxygen atoms in total. The Bertz CT molecular complexity index is 751. The van der Waals surface area contributed by atoms with Gasteiger partial charge >= 0.3 is 0 Å². The number of H-pyrrole nitrogens is 1. The first-order chi connectivity index (χ1) is 11.3. The summed E-state index contributed by atoms with van der Waals surface area (Å²) in [5, 5.41) is 8.06. The number of methoxy groups -OCH3 is 1. The van der Waals surface area contributed by atoms with Gasteiger partial charge in [0.25, 0.3) is 0 Å². The lowest BCUT2D eigenvalue weighted by Crippen LogP contribution is -1.85. The molecule has 0 aliphatic heterocycles. The highest BCUT2D eigenvalue weighted by molar-refractivity contribution is 7.98. The van der Waals surface area contributed by atoms with Crippen molar-refractivity contribution in [3.05, 3.63) is 59.7 Å². The second-order valence-electron chi connectivity index (χ2n) is 5.15. The van der Waals surface area contributed by atoms with Crippen molar-refractivity contribution in [1.82, 2.24) is 15.2 Å². The number of aromatic nitrogens is 3. The summed E-state index contributed by atoms with van der Waals surface area (Å²) in [5.74, 6) is 2.51. The van der Waals surface area contributed by atoms with Gasteiger partial charge in [0.15, 0.2) is 5.82 Å². The van der Waals surface area contributed by atoms with E-state index in [1.807, 2.05) is 12.1 Å². The molecule has 0 saturated carbocycles. The number of thioether (sulfide) groups is 1. The molecule has 2 aromatic carbocycles. The van der Waals surface area contributed by atoms with Crippen LogP contribution in [0, 0.1) is 0 Å². The third-order valence-electron chi connectivity index (χ3n) is 3.63. The minimum atomic E-state index is 0.760. The van der Waals surface area contributed by atoms with Crippen molar-refractivity contribution < 1.29 is 4.74 Å². The number of aromatic amines is 1. The molecule has 1 heterocycles. The predicted octanol–water partition coefficient (Wildman–Crippen LogP) is 4.34. The van der Waals surface area contributed by atoms with E-state index in [2.05, 4.69) is 58.5 Å². The first-order valence-electron chi connectivity index (χ1n) is 7.56. The summed E-state index contributed by atoms with van der Waals surface area (Å²) in [5.41, 5.74) is 3.60. The van der Waals surface area contributed by atoms with Crippen molar-refractivity contribution in [2.75, 3.05) is 7.11 Å². The molecule has 23 heavy (non-hydrogen) atoms. The lowest BCUT2D eigenvalue weighted by molar-refractivity contribution is 0.414. The SMILES string of the molecule is CCc1ccc(-c2nc(SCc3ccc(OC)cc3)n[nH]2)cc1. The van der Waals surface area contributed by atoms with Crippen LogP contribution in [0.15, 0.2) is 53.7 Å². The molecule has 0 aliphatic rings. The van der Waals surface area contributed by atoms with Crippen LogP contribution in [0.2, 0.25) is 0 Å². The third kappa shape index (κ3) is 3.93. The molecule has 0 unspecified atom stereocenters. The smallest absolute Gasteiger partial charge is 0.209 e. The fourth-order valence-corrected chi connectivity index (χ4v) is 2.96. The highest BCUT2D eigenvalue weighted by Gasteiger charge is 2.06. The van der Waals surface area contributed by atoms with Crippen LogP contribution >= 0.6 is 11.8 Å². The van der Waals surface area contributed by atoms with Crippen LogP contribution in [-0.4, -0.2) is 22.3 Å². The molecule has 0 spiro atoms. The Labute approximate surface area is 140 Å². The quantitative estimate of drug-likeness (QED) is 0.685. The molecule has 0 aliphatic carbocycles. The van der Waals surface area contributed by atoms with E-state index < -0.39 is 0 Å². The number of nitrogens with zero attached hydrogens (tertiary/aromatic N) is 2. The van der Waals surface area contributed by atoms with E-state index >= 15 is 0 Å². The van der Waals surface area contributed by atoms with E-state index in [0.717, 1.165) is 34.5 Å². The molecule has 0 amide bonds. The summed E-state index contributed by atoms with van der Waals surface area (Å²) in [4.78, 5) is 4.56. The molecule has 3 rings (SSSR count). The topological polar surface area (TPSA) is 50.8 Å². The maximum atomic E-state index is 5.16. The van der Waals surface area contributed by atoms with Crippen LogP contribution < -0.4 is 4.74 Å². The minimum Gasteiger partial charge on any atom is -0.497 e. The number of rotatable bonds is 6. The Balaban J connectivity index is 1.64. The molecule has 0 bridgehead atoms. The van der Waals surface area contributed by atoms with Crippen LogP contribution in [0.5, 0.6) is 5.75 Å². The normalized spacial score (nSPS) is 10.7. The van der Waals surface area contributed by atoms with Crippen LogP contribution in [0.4, 0.5) is 0 Å². The van der Waals surface area contributed by atoms with Crippen LogP contribution in [0.25, 0.3) is 11.4 Å². The van der Waals surface area contributed by atoms with E-state index in [1.54, 1.807) is 18.9 Å². The number of hydrogen-bond acceptors (Lipinski definition) is 4. The monoisotopic (exact) mass is 325 g/mol. The first kappa shape index (κ1) is 15.6. The summed E-state index contributed by atoms with van der Waals surface area (Å²) < 4.78 is 5.16. The molecule has 0 fully saturated rings.